The number of benzene rings is 5. The van der Waals surface area contributed by atoms with Gasteiger partial charge in [0, 0.05) is 28.8 Å². The lowest BCUT2D eigenvalue weighted by molar-refractivity contribution is -0.135. The van der Waals surface area contributed by atoms with Gasteiger partial charge in [0.2, 0.25) is 11.8 Å². The van der Waals surface area contributed by atoms with Crippen molar-refractivity contribution in [2.24, 2.45) is 23.7 Å². The van der Waals surface area contributed by atoms with Gasteiger partial charge in [-0.3, -0.25) is 24.1 Å². The van der Waals surface area contributed by atoms with Crippen LogP contribution in [0.5, 0.6) is 5.75 Å². The van der Waals surface area contributed by atoms with E-state index in [-0.39, 0.29) is 35.6 Å². The molecule has 0 unspecified atom stereocenters. The smallest absolute Gasteiger partial charge is 0.238 e. The molecule has 4 aliphatic rings. The summed E-state index contributed by atoms with van der Waals surface area (Å²) in [5, 5.41) is 14.0. The number of Topliss-reactive ketones (excluding diaryl/α,β-unsaturated/α-hetero) is 1. The highest BCUT2D eigenvalue weighted by atomic mass is 16.3. The Bertz CT molecular complexity index is 2390. The maximum atomic E-state index is 15.2. The molecule has 1 heterocycles. The number of hydrogen-bond acceptors (Lipinski definition) is 6. The average Bonchev–Trinajstić information content (AvgIpc) is 3.46. The van der Waals surface area contributed by atoms with E-state index in [1.54, 1.807) is 18.2 Å². The molecule has 5 aromatic carbocycles. The molecule has 1 saturated carbocycles. The van der Waals surface area contributed by atoms with Gasteiger partial charge in [0.05, 0.1) is 22.9 Å². The third kappa shape index (κ3) is 5.10. The number of para-hydroxylation sites is 1. The fourth-order valence-corrected chi connectivity index (χ4v) is 9.74. The molecule has 2 N–H and O–H groups in total. The predicted molar refractivity (Wildman–Crippen MR) is 208 cm³/mol. The number of hydrogen-bond donors (Lipinski definition) is 2. The number of carbonyl (C=O) groups excluding carboxylic acids is 4. The van der Waals surface area contributed by atoms with Gasteiger partial charge in [-0.2, -0.15) is 0 Å². The summed E-state index contributed by atoms with van der Waals surface area (Å²) in [5.74, 6) is -3.97. The number of rotatable bonds is 6. The van der Waals surface area contributed by atoms with Crippen LogP contribution in [0.4, 0.5) is 17.1 Å². The molecule has 5 aromatic rings. The highest BCUT2D eigenvalue weighted by molar-refractivity contribution is 6.32. The minimum atomic E-state index is -1.32. The maximum Gasteiger partial charge on any atom is 0.238 e. The number of imide groups is 1. The predicted octanol–water partition coefficient (Wildman–Crippen LogP) is 8.47. The molecule has 54 heavy (non-hydrogen) atoms. The topological polar surface area (TPSA) is 104 Å². The summed E-state index contributed by atoms with van der Waals surface area (Å²) in [6.45, 7) is 1.82. The van der Waals surface area contributed by atoms with E-state index in [9.17, 15) is 14.7 Å². The Morgan fingerprint density at radius 2 is 1.37 bits per heavy atom. The summed E-state index contributed by atoms with van der Waals surface area (Å²) >= 11 is 0. The number of allylic oxidation sites excluding steroid dienone is 4. The van der Waals surface area contributed by atoms with Gasteiger partial charge in [0.25, 0.3) is 0 Å². The molecule has 7 nitrogen and oxygen atoms in total. The normalized spacial score (nSPS) is 26.0. The van der Waals surface area contributed by atoms with E-state index in [4.69, 9.17) is 0 Å². The standard InChI is InChI=1S/C47H38N2O5/c1-28-25-30(17-24-40(28)50)43-35-22-23-36-42(46(54)49(45(36)53)34-20-18-33(19-21-34)48-32-15-9-4-10-16-32)38(35)26-39-44(52)37(29-11-5-2-6-12-29)27-41(51)47(39,43)31-13-7-3-8-14-31/h2-22,24-25,27,36,38-39,42-43,48,50H,23,26H2,1H3/t36-,38+,39-,42-,43-,47-/m0/s1. The van der Waals surface area contributed by atoms with Crippen LogP contribution in [0.15, 0.2) is 151 Å². The van der Waals surface area contributed by atoms with Gasteiger partial charge < -0.3 is 10.4 Å². The quantitative estimate of drug-likeness (QED) is 0.135. The van der Waals surface area contributed by atoms with Crippen molar-refractivity contribution in [3.05, 3.63) is 173 Å². The van der Waals surface area contributed by atoms with Crippen molar-refractivity contribution in [1.29, 1.82) is 0 Å². The fraction of sp³-hybridized carbons (Fsp3) is 0.191. The van der Waals surface area contributed by atoms with Gasteiger partial charge in [-0.25, -0.2) is 0 Å². The van der Waals surface area contributed by atoms with Crippen molar-refractivity contribution in [3.63, 3.8) is 0 Å². The third-order valence-electron chi connectivity index (χ3n) is 12.1. The van der Waals surface area contributed by atoms with E-state index < -0.39 is 35.0 Å². The van der Waals surface area contributed by atoms with Crippen LogP contribution < -0.4 is 10.2 Å². The molecule has 1 saturated heterocycles. The molecule has 266 valence electrons. The zero-order valence-electron chi connectivity index (χ0n) is 29.7. The molecule has 2 fully saturated rings. The summed E-state index contributed by atoms with van der Waals surface area (Å²) in [6, 6.07) is 41.2. The lowest BCUT2D eigenvalue weighted by Gasteiger charge is -2.55. The Kier molecular flexibility index (Phi) is 8.03. The molecule has 1 aliphatic heterocycles. The van der Waals surface area contributed by atoms with Crippen LogP contribution in [-0.4, -0.2) is 28.5 Å². The second-order valence-electron chi connectivity index (χ2n) is 14.9. The van der Waals surface area contributed by atoms with Crippen LogP contribution >= 0.6 is 0 Å². The van der Waals surface area contributed by atoms with Crippen molar-refractivity contribution < 1.29 is 24.3 Å². The number of nitrogens with one attached hydrogen (secondary N) is 1. The van der Waals surface area contributed by atoms with Gasteiger partial charge in [-0.1, -0.05) is 103 Å². The van der Waals surface area contributed by atoms with Crippen LogP contribution in [0, 0.1) is 30.6 Å². The highest BCUT2D eigenvalue weighted by Crippen LogP contribution is 2.64. The molecule has 0 aromatic heterocycles. The second-order valence-corrected chi connectivity index (χ2v) is 14.9. The first-order valence-electron chi connectivity index (χ1n) is 18.5. The molecule has 3 aliphatic carbocycles. The summed E-state index contributed by atoms with van der Waals surface area (Å²) in [4.78, 5) is 60.6. The largest absolute Gasteiger partial charge is 0.508 e. The van der Waals surface area contributed by atoms with Gasteiger partial charge in [-0.05, 0) is 96.5 Å². The van der Waals surface area contributed by atoms with Crippen molar-refractivity contribution in [1.82, 2.24) is 0 Å². The lowest BCUT2D eigenvalue weighted by Crippen LogP contribution is -2.58. The molecule has 2 amide bonds. The Balaban J connectivity index is 1.17. The minimum absolute atomic E-state index is 0.128. The Hall–Kier alpha value is -6.34. The SMILES string of the molecule is Cc1cc([C@H]2C3=CC[C@@H]4C(=O)N(c5ccc(Nc6ccccc6)cc5)C(=O)[C@@H]4[C@@H]3C[C@H]3C(=O)C(c4ccccc4)=CC(=O)[C@@]23c2ccccc2)ccc1O. The van der Waals surface area contributed by atoms with E-state index in [0.717, 1.165) is 28.1 Å². The second kappa shape index (κ2) is 13.0. The summed E-state index contributed by atoms with van der Waals surface area (Å²) in [7, 11) is 0. The van der Waals surface area contributed by atoms with Crippen molar-refractivity contribution >= 4 is 46.0 Å². The molecule has 0 bridgehead atoms. The number of fused-ring (bicyclic) bond motifs is 4. The van der Waals surface area contributed by atoms with E-state index in [0.29, 0.717) is 28.8 Å². The molecule has 6 atom stereocenters. The third-order valence-corrected chi connectivity index (χ3v) is 12.1. The number of ketones is 2. The van der Waals surface area contributed by atoms with E-state index in [1.807, 2.05) is 122 Å². The molecule has 0 spiro atoms. The van der Waals surface area contributed by atoms with Gasteiger partial charge >= 0.3 is 0 Å². The Morgan fingerprint density at radius 1 is 0.722 bits per heavy atom. The maximum absolute atomic E-state index is 15.2. The molecular weight excluding hydrogens is 673 g/mol. The van der Waals surface area contributed by atoms with Gasteiger partial charge in [0.1, 0.15) is 5.75 Å². The van der Waals surface area contributed by atoms with E-state index >= 15 is 9.59 Å². The monoisotopic (exact) mass is 710 g/mol. The summed E-state index contributed by atoms with van der Waals surface area (Å²) in [5.41, 5.74) is 5.00. The highest BCUT2D eigenvalue weighted by Gasteiger charge is 2.66. The number of nitrogens with zero attached hydrogens (tertiary/aromatic N) is 1. The number of aromatic hydroxyl groups is 1. The number of amides is 2. The fourth-order valence-electron chi connectivity index (χ4n) is 9.74. The molecule has 9 rings (SSSR count). The molecule has 0 radical (unpaired) electrons. The molecule has 7 heteroatoms. The van der Waals surface area contributed by atoms with Crippen molar-refractivity contribution in [3.8, 4) is 5.75 Å². The van der Waals surface area contributed by atoms with E-state index in [1.165, 1.54) is 11.0 Å². The van der Waals surface area contributed by atoms with Crippen LogP contribution in [0.1, 0.15) is 41.0 Å². The van der Waals surface area contributed by atoms with Crippen LogP contribution in [-0.2, 0) is 24.6 Å². The van der Waals surface area contributed by atoms with Gasteiger partial charge in [-0.15, -0.1) is 0 Å². The summed E-state index contributed by atoms with van der Waals surface area (Å²) in [6.07, 6.45) is 4.16. The number of aryl methyl sites for hydroxylation is 1. The average molecular weight is 711 g/mol. The van der Waals surface area contributed by atoms with Crippen molar-refractivity contribution in [2.45, 2.75) is 31.1 Å². The van der Waals surface area contributed by atoms with E-state index in [2.05, 4.69) is 11.4 Å². The number of anilines is 3. The zero-order chi connectivity index (χ0) is 37.1. The van der Waals surface area contributed by atoms with Crippen LogP contribution in [0.2, 0.25) is 0 Å². The Labute approximate surface area is 313 Å². The summed E-state index contributed by atoms with van der Waals surface area (Å²) < 4.78 is 0. The number of phenols is 1. The Morgan fingerprint density at radius 3 is 2.06 bits per heavy atom. The zero-order valence-corrected chi connectivity index (χ0v) is 29.7. The first-order valence-corrected chi connectivity index (χ1v) is 18.5. The molecular formula is C47H38N2O5. The first kappa shape index (κ1) is 33.5. The number of phenolic OH excluding ortho intramolecular Hbond substituents is 1. The van der Waals surface area contributed by atoms with Crippen LogP contribution in [0.3, 0.4) is 0 Å². The van der Waals surface area contributed by atoms with Crippen LogP contribution in [0.25, 0.3) is 5.57 Å². The minimum Gasteiger partial charge on any atom is -0.508 e. The lowest BCUT2D eigenvalue weighted by atomic mass is 9.44. The van der Waals surface area contributed by atoms with Crippen molar-refractivity contribution in [2.75, 3.05) is 10.2 Å². The van der Waals surface area contributed by atoms with Gasteiger partial charge in [0.15, 0.2) is 11.6 Å². The first-order chi connectivity index (χ1) is 26.3. The number of carbonyl (C=O) groups is 4.